The summed E-state index contributed by atoms with van der Waals surface area (Å²) in [5.41, 5.74) is 3.25. The number of nitrogens with one attached hydrogen (secondary N) is 6. The van der Waals surface area contributed by atoms with Crippen LogP contribution in [-0.4, -0.2) is 256 Å². The molecule has 8 aromatic carbocycles. The van der Waals surface area contributed by atoms with Gasteiger partial charge >= 0.3 is 17.1 Å². The van der Waals surface area contributed by atoms with E-state index in [4.69, 9.17) is 0 Å². The van der Waals surface area contributed by atoms with Crippen LogP contribution in [0.15, 0.2) is 277 Å². The van der Waals surface area contributed by atoms with Crippen LogP contribution in [0.5, 0.6) is 0 Å². The van der Waals surface area contributed by atoms with Crippen LogP contribution in [0.25, 0.3) is 33.8 Å². The minimum atomic E-state index is -3.87. The molecule has 6 aliphatic rings. The molecule has 724 valence electrons. The van der Waals surface area contributed by atoms with Crippen molar-refractivity contribution >= 4 is 69.6 Å². The first-order chi connectivity index (χ1) is 66.2. The molecule has 0 spiro atoms. The molecule has 38 heteroatoms. The zero-order valence-electron chi connectivity index (χ0n) is 76.9. The van der Waals surface area contributed by atoms with Gasteiger partial charge in [-0.2, -0.15) is 12.9 Å². The number of rotatable bonds is 29. The number of imidazole rings is 3. The van der Waals surface area contributed by atoms with E-state index >= 15 is 0 Å². The molecule has 137 heavy (non-hydrogen) atoms. The maximum absolute atomic E-state index is 14.5. The van der Waals surface area contributed by atoms with Gasteiger partial charge in [0.1, 0.15) is 17.1 Å². The van der Waals surface area contributed by atoms with Gasteiger partial charge in [0.15, 0.2) is 0 Å². The van der Waals surface area contributed by atoms with E-state index in [2.05, 4.69) is 31.3 Å². The molecule has 0 saturated carbocycles. The third-order valence-electron chi connectivity index (χ3n) is 25.4. The molecule has 3 aromatic heterocycles. The van der Waals surface area contributed by atoms with E-state index in [9.17, 15) is 72.0 Å². The first kappa shape index (κ1) is 99.1. The Labute approximate surface area is 798 Å². The Balaban J connectivity index is 0.000000156. The highest BCUT2D eigenvalue weighted by Crippen LogP contribution is 2.38. The smallest absolute Gasteiger partial charge is 0.329 e. The average molecular weight is 1940 g/mol. The molecular formula is C99H118N18O16S4. The number of carbonyl (C=O) groups is 5. The molecule has 6 N–H and O–H groups in total. The second kappa shape index (κ2) is 45.3. The topological polar surface area (TPSA) is 394 Å². The Bertz CT molecular complexity index is 6700. The van der Waals surface area contributed by atoms with Crippen molar-refractivity contribution in [2.75, 3.05) is 137 Å². The third kappa shape index (κ3) is 22.9. The summed E-state index contributed by atoms with van der Waals surface area (Å²) in [5.74, 6) is -1.05. The molecule has 0 radical (unpaired) electrons. The van der Waals surface area contributed by atoms with Crippen molar-refractivity contribution in [3.63, 3.8) is 0 Å². The fourth-order valence-corrected chi connectivity index (χ4v) is 24.3. The number of aromatic nitrogens is 6. The second-order valence-corrected chi connectivity index (χ2v) is 42.5. The van der Waals surface area contributed by atoms with Gasteiger partial charge in [-0.05, 0) is 105 Å². The van der Waals surface area contributed by atoms with Gasteiger partial charge in [0.05, 0.1) is 54.8 Å². The molecular weight excluding hydrogens is 1830 g/mol. The number of sulfonamides is 4. The van der Waals surface area contributed by atoms with Crippen LogP contribution in [0, 0.1) is 5.92 Å². The largest absolute Gasteiger partial charge is 0.354 e. The summed E-state index contributed by atoms with van der Waals surface area (Å²) in [5, 5.41) is 15.6. The Kier molecular flexibility index (Phi) is 32.8. The predicted octanol–water partition coefficient (Wildman–Crippen LogP) is 7.73. The molecule has 6 aliphatic heterocycles. The minimum absolute atomic E-state index is 0.0445. The molecule has 11 aromatic rings. The number of benzene rings is 8. The molecule has 6 fully saturated rings. The molecule has 3 atom stereocenters. The van der Waals surface area contributed by atoms with E-state index in [1.807, 2.05) is 111 Å². The van der Waals surface area contributed by atoms with E-state index in [1.54, 1.807) is 162 Å². The predicted molar refractivity (Wildman–Crippen MR) is 522 cm³/mol. The molecule has 0 bridgehead atoms. The summed E-state index contributed by atoms with van der Waals surface area (Å²) in [6.07, 6.45) is 3.66. The van der Waals surface area contributed by atoms with Gasteiger partial charge < -0.3 is 41.3 Å². The van der Waals surface area contributed by atoms with Crippen molar-refractivity contribution in [2.24, 2.45) is 5.92 Å². The SMILES string of the molecule is CC(C)CC(=O)NCCn1c(C(=O)N2CCNCC2)c(-c2ccccc2)n(C2CCCN(S(=O)(=O)c3ccccc3)C2)c1=O.O=C(NCCn1c(C(=O)N2CCNCC2)c(-c2ccccc2)n(C2CCCN(S(=O)(=O)c3ccccc3)C2)c1=O)c1ccccc1.O=C(c1c(-c2ccccc2)n(C2CCCN(S(=O)(=O)c3ccccc3)C2)c(=O)n1CCNS(=O)(=O)c1ccccc1)N1CCNCC1. The molecule has 5 amide bonds. The van der Waals surface area contributed by atoms with Gasteiger partial charge in [-0.25, -0.2) is 52.8 Å². The number of hydrogen-bond acceptors (Lipinski definition) is 19. The van der Waals surface area contributed by atoms with E-state index < -0.39 is 69.6 Å². The Hall–Kier alpha value is -12.3. The lowest BCUT2D eigenvalue weighted by Gasteiger charge is -2.33. The van der Waals surface area contributed by atoms with Crippen molar-refractivity contribution < 1.29 is 57.6 Å². The van der Waals surface area contributed by atoms with Gasteiger partial charge in [-0.3, -0.25) is 51.4 Å². The maximum Gasteiger partial charge on any atom is 0.329 e. The first-order valence-electron chi connectivity index (χ1n) is 46.7. The zero-order valence-corrected chi connectivity index (χ0v) is 80.1. The minimum Gasteiger partial charge on any atom is -0.354 e. The number of nitrogens with zero attached hydrogens (tertiary/aromatic N) is 12. The van der Waals surface area contributed by atoms with Crippen molar-refractivity contribution in [3.05, 3.63) is 297 Å². The standard InChI is InChI=1S/C34H38N6O5S.C33H38N6O6S2.C32H42N6O5S/c41-32(27-13-6-2-7-14-27)36-20-24-39-31(33(42)37-22-18-35-19-23-37)30(26-11-4-1-5-12-26)40(34(39)43)28-15-10-21-38(25-28)46(44,45)29-16-8-3-9-17-29;40-32(36-22-18-34-19-23-36)31-30(26-11-4-1-5-12-26)39(27-13-10-21-37(25-27)47(44,45)29-16-8-3-9-17-29)33(41)38(31)24-20-35-46(42,43)28-14-6-2-7-15-28;1-24(2)22-28(39)34-17-21-37-30(31(40)35-19-15-33-16-20-35)29(25-10-5-3-6-11-25)38(32(37)41)26-12-9-18-36(23-26)44(42,43)27-13-7-4-8-14-27/h1-9,11-14,16-17,28,35H,10,15,18-25H2,(H,36,41);1-9,11-12,14-17,27,34-35H,10,13,18-25H2;3-8,10-11,13-14,24,26,33H,9,12,15-23H2,1-2H3,(H,34,39). The molecule has 17 rings (SSSR count). The second-order valence-electron chi connectivity index (χ2n) is 34.9. The Morgan fingerprint density at radius 3 is 0.912 bits per heavy atom. The third-order valence-corrected chi connectivity index (χ3v) is 32.5. The number of piperazine rings is 3. The Morgan fingerprint density at radius 1 is 0.343 bits per heavy atom. The van der Waals surface area contributed by atoms with Crippen LogP contribution in [0.4, 0.5) is 0 Å². The number of piperidine rings is 3. The van der Waals surface area contributed by atoms with Crippen molar-refractivity contribution in [2.45, 2.75) is 116 Å². The van der Waals surface area contributed by atoms with Gasteiger partial charge in [0, 0.05) is 186 Å². The van der Waals surface area contributed by atoms with Crippen LogP contribution in [0.2, 0.25) is 0 Å². The van der Waals surface area contributed by atoms with E-state index in [0.29, 0.717) is 182 Å². The number of amides is 5. The van der Waals surface area contributed by atoms with Gasteiger partial charge in [-0.1, -0.05) is 196 Å². The van der Waals surface area contributed by atoms with Crippen molar-refractivity contribution in [3.8, 4) is 33.8 Å². The van der Waals surface area contributed by atoms with Crippen LogP contribution in [-0.2, 0) is 64.5 Å². The maximum atomic E-state index is 14.5. The van der Waals surface area contributed by atoms with Crippen molar-refractivity contribution in [1.29, 1.82) is 0 Å². The molecule has 3 unspecified atom stereocenters. The van der Waals surface area contributed by atoms with Crippen LogP contribution in [0.1, 0.15) is 119 Å². The van der Waals surface area contributed by atoms with Crippen LogP contribution >= 0.6 is 0 Å². The van der Waals surface area contributed by atoms with Gasteiger partial charge in [-0.15, -0.1) is 0 Å². The monoisotopic (exact) mass is 1940 g/mol. The number of hydrogen-bond donors (Lipinski definition) is 6. The summed E-state index contributed by atoms with van der Waals surface area (Å²) in [4.78, 5) is 117. The molecule has 6 saturated heterocycles. The van der Waals surface area contributed by atoms with Gasteiger partial charge in [0.2, 0.25) is 46.0 Å². The summed E-state index contributed by atoms with van der Waals surface area (Å²) in [6, 6.07) is 67.8. The lowest BCUT2D eigenvalue weighted by Crippen LogP contribution is -2.47. The van der Waals surface area contributed by atoms with Crippen LogP contribution < -0.4 is 48.4 Å². The first-order valence-corrected chi connectivity index (χ1v) is 52.5. The summed E-state index contributed by atoms with van der Waals surface area (Å²) < 4.78 is 124. The fraction of sp³-hybridized carbons (Fsp3) is 0.374. The Morgan fingerprint density at radius 2 is 0.613 bits per heavy atom. The molecule has 34 nitrogen and oxygen atoms in total. The summed E-state index contributed by atoms with van der Waals surface area (Å²) in [7, 11) is -15.3. The molecule has 9 heterocycles. The highest BCUT2D eigenvalue weighted by Gasteiger charge is 2.42. The number of carbonyl (C=O) groups excluding carboxylic acids is 5. The fourth-order valence-electron chi connectivity index (χ4n) is 18.6. The van der Waals surface area contributed by atoms with E-state index in [0.717, 1.165) is 0 Å². The highest BCUT2D eigenvalue weighted by molar-refractivity contribution is 7.90. The highest BCUT2D eigenvalue weighted by atomic mass is 32.2. The van der Waals surface area contributed by atoms with E-state index in [1.165, 1.54) is 38.7 Å². The summed E-state index contributed by atoms with van der Waals surface area (Å²) >= 11 is 0. The van der Waals surface area contributed by atoms with Crippen LogP contribution in [0.3, 0.4) is 0 Å². The quantitative estimate of drug-likeness (QED) is 0.0261. The average Bonchev–Trinajstić information content (AvgIpc) is 1.60. The lowest BCUT2D eigenvalue weighted by atomic mass is 10.0. The van der Waals surface area contributed by atoms with E-state index in [-0.39, 0.29) is 137 Å². The lowest BCUT2D eigenvalue weighted by molar-refractivity contribution is -0.121. The normalized spacial score (nSPS) is 17.8. The van der Waals surface area contributed by atoms with Crippen molar-refractivity contribution in [1.82, 2.24) is 86.3 Å². The van der Waals surface area contributed by atoms with Gasteiger partial charge in [0.25, 0.3) is 23.6 Å². The summed E-state index contributed by atoms with van der Waals surface area (Å²) in [6.45, 7) is 12.0. The molecule has 0 aliphatic carbocycles. The zero-order chi connectivity index (χ0) is 96.4.